The number of ether oxygens (including phenoxy) is 1. The Morgan fingerprint density at radius 3 is 2.56 bits per heavy atom. The molecule has 2 heterocycles. The van der Waals surface area contributed by atoms with Gasteiger partial charge in [-0.25, -0.2) is 14.2 Å². The lowest BCUT2D eigenvalue weighted by atomic mass is 10.0. The molecule has 0 N–H and O–H groups in total. The van der Waals surface area contributed by atoms with Crippen molar-refractivity contribution in [3.8, 4) is 5.75 Å². The summed E-state index contributed by atoms with van der Waals surface area (Å²) < 4.78 is 18.9. The summed E-state index contributed by atoms with van der Waals surface area (Å²) >= 11 is 5.95. The predicted molar refractivity (Wildman–Crippen MR) is 102 cm³/mol. The molecule has 0 unspecified atom stereocenters. The van der Waals surface area contributed by atoms with Gasteiger partial charge >= 0.3 is 6.03 Å². The zero-order valence-corrected chi connectivity index (χ0v) is 15.5. The Balaban J connectivity index is 1.40. The van der Waals surface area contributed by atoms with E-state index in [1.807, 2.05) is 31.2 Å². The number of nitrogens with zero attached hydrogens (tertiary/aromatic N) is 3. The van der Waals surface area contributed by atoms with Crippen LogP contribution in [0.25, 0.3) is 0 Å². The van der Waals surface area contributed by atoms with E-state index in [1.54, 1.807) is 23.2 Å². The Hall–Kier alpha value is -2.60. The maximum atomic E-state index is 13.0. The molecule has 3 atom stereocenters. The van der Waals surface area contributed by atoms with Gasteiger partial charge in [0.15, 0.2) is 0 Å². The molecule has 0 saturated carbocycles. The number of carbonyl (C=O) groups excluding carboxylic acids is 1. The van der Waals surface area contributed by atoms with E-state index in [4.69, 9.17) is 16.3 Å². The number of carbonyl (C=O) groups is 1. The van der Waals surface area contributed by atoms with Crippen molar-refractivity contribution in [2.24, 2.45) is 5.10 Å². The lowest BCUT2D eigenvalue weighted by Crippen LogP contribution is -2.64. The first-order valence-corrected chi connectivity index (χ1v) is 9.20. The van der Waals surface area contributed by atoms with Gasteiger partial charge in [-0.2, -0.15) is 5.10 Å². The molecule has 1 saturated heterocycles. The highest BCUT2D eigenvalue weighted by molar-refractivity contribution is 6.30. The quantitative estimate of drug-likeness (QED) is 0.779. The van der Waals surface area contributed by atoms with Crippen LogP contribution in [0.15, 0.2) is 53.6 Å². The van der Waals surface area contributed by atoms with Gasteiger partial charge in [0.25, 0.3) is 0 Å². The van der Waals surface area contributed by atoms with Gasteiger partial charge in [-0.1, -0.05) is 23.7 Å². The van der Waals surface area contributed by atoms with Crippen molar-refractivity contribution in [3.05, 3.63) is 64.9 Å². The average molecular weight is 388 g/mol. The number of hydrazone groups is 1. The van der Waals surface area contributed by atoms with E-state index in [0.29, 0.717) is 23.7 Å². The summed E-state index contributed by atoms with van der Waals surface area (Å²) in [5.74, 6) is 0.291. The molecule has 4 rings (SSSR count). The van der Waals surface area contributed by atoms with Crippen molar-refractivity contribution < 1.29 is 13.9 Å². The summed E-state index contributed by atoms with van der Waals surface area (Å²) in [5, 5.41) is 6.46. The topological polar surface area (TPSA) is 45.1 Å². The molecule has 2 aromatic rings. The van der Waals surface area contributed by atoms with E-state index in [-0.39, 0.29) is 30.0 Å². The maximum absolute atomic E-state index is 13.0. The van der Waals surface area contributed by atoms with Gasteiger partial charge in [0.05, 0.1) is 18.6 Å². The van der Waals surface area contributed by atoms with Gasteiger partial charge in [-0.15, -0.1) is 0 Å². The van der Waals surface area contributed by atoms with Crippen LogP contribution in [0, 0.1) is 5.82 Å². The zero-order valence-electron chi connectivity index (χ0n) is 14.8. The minimum absolute atomic E-state index is 0.0933. The third-order valence-electron chi connectivity index (χ3n) is 5.03. The van der Waals surface area contributed by atoms with Crippen molar-refractivity contribution in [3.63, 3.8) is 0 Å². The summed E-state index contributed by atoms with van der Waals surface area (Å²) in [6, 6.07) is 13.0. The summed E-state index contributed by atoms with van der Waals surface area (Å²) in [6.45, 7) is 2.41. The van der Waals surface area contributed by atoms with Crippen molar-refractivity contribution in [2.75, 3.05) is 6.54 Å². The molecule has 7 heteroatoms. The van der Waals surface area contributed by atoms with Crippen LogP contribution in [-0.4, -0.2) is 40.8 Å². The molecule has 2 aliphatic heterocycles. The number of likely N-dealkylation sites (tertiary alicyclic amines) is 1. The second kappa shape index (κ2) is 7.19. The first-order valence-electron chi connectivity index (χ1n) is 8.83. The summed E-state index contributed by atoms with van der Waals surface area (Å²) in [4.78, 5) is 14.7. The number of benzene rings is 2. The summed E-state index contributed by atoms with van der Waals surface area (Å²) in [6.07, 6.45) is 2.30. The molecule has 0 bridgehead atoms. The fraction of sp³-hybridized carbons (Fsp3) is 0.300. The van der Waals surface area contributed by atoms with Crippen LogP contribution in [0.4, 0.5) is 9.18 Å². The van der Waals surface area contributed by atoms with Crippen LogP contribution in [0.5, 0.6) is 5.75 Å². The second-order valence-corrected chi connectivity index (χ2v) is 7.17. The molecule has 27 heavy (non-hydrogen) atoms. The largest absolute Gasteiger partial charge is 0.486 e. The van der Waals surface area contributed by atoms with Gasteiger partial charge in [-0.3, -0.25) is 0 Å². The SMILES string of the molecule is C[C@@H]1[C@H](Oc2ccc(F)cc2)CN1C(=O)N1N=CC[C@H]1c1ccc(Cl)cc1. The minimum atomic E-state index is -0.305. The first kappa shape index (κ1) is 17.8. The normalized spacial score (nSPS) is 24.0. The third-order valence-corrected chi connectivity index (χ3v) is 5.29. The number of halogens is 2. The summed E-state index contributed by atoms with van der Waals surface area (Å²) in [5.41, 5.74) is 0.998. The minimum Gasteiger partial charge on any atom is -0.486 e. The van der Waals surface area contributed by atoms with Gasteiger partial charge in [0.1, 0.15) is 17.7 Å². The standard InChI is InChI=1S/C20H19ClFN3O2/c1-13-19(27-17-8-6-16(22)7-9-17)12-24(13)20(26)25-18(10-11-23-25)14-2-4-15(21)5-3-14/h2-9,11,13,18-19H,10,12H2,1H3/t13-,18+,19-/m1/s1. The number of rotatable bonds is 3. The van der Waals surface area contributed by atoms with Crippen LogP contribution in [-0.2, 0) is 0 Å². The second-order valence-electron chi connectivity index (χ2n) is 6.73. The molecule has 2 aromatic carbocycles. The number of amides is 2. The lowest BCUT2D eigenvalue weighted by Gasteiger charge is -2.46. The molecule has 0 aliphatic carbocycles. The highest BCUT2D eigenvalue weighted by Gasteiger charge is 2.44. The summed E-state index contributed by atoms with van der Waals surface area (Å²) in [7, 11) is 0. The molecule has 2 amide bonds. The van der Waals surface area contributed by atoms with Crippen molar-refractivity contribution in [2.45, 2.75) is 31.5 Å². The molecule has 1 fully saturated rings. The molecule has 2 aliphatic rings. The monoisotopic (exact) mass is 387 g/mol. The first-order chi connectivity index (χ1) is 13.0. The van der Waals surface area contributed by atoms with Crippen molar-refractivity contribution >= 4 is 23.8 Å². The third kappa shape index (κ3) is 3.49. The zero-order chi connectivity index (χ0) is 19.0. The van der Waals surface area contributed by atoms with E-state index in [1.165, 1.54) is 17.1 Å². The highest BCUT2D eigenvalue weighted by Crippen LogP contribution is 2.33. The number of hydrogen-bond acceptors (Lipinski definition) is 3. The van der Waals surface area contributed by atoms with Crippen molar-refractivity contribution in [1.82, 2.24) is 9.91 Å². The van der Waals surface area contributed by atoms with Crippen molar-refractivity contribution in [1.29, 1.82) is 0 Å². The number of hydrogen-bond donors (Lipinski definition) is 0. The van der Waals surface area contributed by atoms with E-state index < -0.39 is 0 Å². The molecular formula is C20H19ClFN3O2. The van der Waals surface area contributed by atoms with Crippen LogP contribution >= 0.6 is 11.6 Å². The Labute approximate surface area is 162 Å². The van der Waals surface area contributed by atoms with E-state index in [2.05, 4.69) is 5.10 Å². The smallest absolute Gasteiger partial charge is 0.341 e. The molecule has 0 spiro atoms. The van der Waals surface area contributed by atoms with Gasteiger partial charge in [0.2, 0.25) is 0 Å². The van der Waals surface area contributed by atoms with Crippen LogP contribution in [0.3, 0.4) is 0 Å². The Morgan fingerprint density at radius 1 is 1.19 bits per heavy atom. The molecular weight excluding hydrogens is 369 g/mol. The maximum Gasteiger partial charge on any atom is 0.341 e. The predicted octanol–water partition coefficient (Wildman–Crippen LogP) is 4.48. The van der Waals surface area contributed by atoms with Gasteiger partial charge in [0, 0.05) is 17.7 Å². The van der Waals surface area contributed by atoms with E-state index >= 15 is 0 Å². The van der Waals surface area contributed by atoms with E-state index in [0.717, 1.165) is 5.56 Å². The van der Waals surface area contributed by atoms with Crippen LogP contribution in [0.2, 0.25) is 5.02 Å². The van der Waals surface area contributed by atoms with Gasteiger partial charge < -0.3 is 9.64 Å². The fourth-order valence-electron chi connectivity index (χ4n) is 3.34. The molecule has 140 valence electrons. The Kier molecular flexibility index (Phi) is 4.74. The fourth-order valence-corrected chi connectivity index (χ4v) is 3.47. The lowest BCUT2D eigenvalue weighted by molar-refractivity contribution is -0.0197. The van der Waals surface area contributed by atoms with E-state index in [9.17, 15) is 9.18 Å². The molecule has 5 nitrogen and oxygen atoms in total. The van der Waals surface area contributed by atoms with Gasteiger partial charge in [-0.05, 0) is 48.9 Å². The Morgan fingerprint density at radius 2 is 1.89 bits per heavy atom. The highest BCUT2D eigenvalue weighted by atomic mass is 35.5. The molecule has 0 aromatic heterocycles. The van der Waals surface area contributed by atoms with Crippen LogP contribution < -0.4 is 4.74 Å². The average Bonchev–Trinajstić information content (AvgIpc) is 3.16. The Bertz CT molecular complexity index is 857. The van der Waals surface area contributed by atoms with Crippen LogP contribution in [0.1, 0.15) is 24.9 Å². The number of urea groups is 1. The molecule has 0 radical (unpaired) electrons.